The van der Waals surface area contributed by atoms with Gasteiger partial charge < -0.3 is 15.5 Å². The number of rotatable bonds is 4. The zero-order valence-corrected chi connectivity index (χ0v) is 17.9. The van der Waals surface area contributed by atoms with Crippen LogP contribution in [0.5, 0.6) is 5.75 Å². The fraction of sp³-hybridized carbons (Fsp3) is 0.0417. The van der Waals surface area contributed by atoms with Crippen LogP contribution in [-0.2, 0) is 0 Å². The average Bonchev–Trinajstić information content (AvgIpc) is 3.47. The van der Waals surface area contributed by atoms with Gasteiger partial charge in [-0.25, -0.2) is 14.4 Å². The molecule has 0 unspecified atom stereocenters. The van der Waals surface area contributed by atoms with Gasteiger partial charge in [0, 0.05) is 35.8 Å². The standard InChI is InChI=1S/C24H17FN8O/c1-34-16-8-12(6-14(25)9-16)20-21-18(4-5-28-20)30-24(31-21)23-22-19(32-33-23)3-2-17(29-22)13-7-15(26)11-27-10-13/h2-11H,26H2,1H3,(H,30,31)(H,32,33). The Kier molecular flexibility index (Phi) is 4.44. The molecule has 9 nitrogen and oxygen atoms in total. The minimum Gasteiger partial charge on any atom is -0.497 e. The van der Waals surface area contributed by atoms with E-state index in [0.717, 1.165) is 16.6 Å². The van der Waals surface area contributed by atoms with Gasteiger partial charge in [-0.05, 0) is 36.4 Å². The Morgan fingerprint density at radius 2 is 1.79 bits per heavy atom. The maximum absolute atomic E-state index is 14.1. The van der Waals surface area contributed by atoms with Crippen molar-refractivity contribution in [1.29, 1.82) is 0 Å². The molecule has 0 aliphatic heterocycles. The van der Waals surface area contributed by atoms with Gasteiger partial charge in [0.25, 0.3) is 0 Å². The van der Waals surface area contributed by atoms with E-state index in [1.165, 1.54) is 19.2 Å². The van der Waals surface area contributed by atoms with Crippen LogP contribution in [0.4, 0.5) is 10.1 Å². The van der Waals surface area contributed by atoms with Gasteiger partial charge in [-0.3, -0.25) is 15.1 Å². The highest BCUT2D eigenvalue weighted by atomic mass is 19.1. The SMILES string of the molecule is COc1cc(F)cc(-c2nccc3[nH]c(-c4n[nH]c5ccc(-c6cncc(N)c6)nc45)nc23)c1. The lowest BCUT2D eigenvalue weighted by Crippen LogP contribution is -1.91. The van der Waals surface area contributed by atoms with E-state index in [9.17, 15) is 4.39 Å². The second kappa shape index (κ2) is 7.62. The summed E-state index contributed by atoms with van der Waals surface area (Å²) in [5.41, 5.74) is 12.3. The zero-order chi connectivity index (χ0) is 23.2. The van der Waals surface area contributed by atoms with Gasteiger partial charge >= 0.3 is 0 Å². The molecular formula is C24H17FN8O. The smallest absolute Gasteiger partial charge is 0.161 e. The predicted octanol–water partition coefficient (Wildman–Crippen LogP) is 4.36. The Hall–Kier alpha value is -4.86. The van der Waals surface area contributed by atoms with E-state index in [4.69, 9.17) is 20.4 Å². The molecule has 0 fully saturated rings. The van der Waals surface area contributed by atoms with Crippen molar-refractivity contribution in [2.24, 2.45) is 0 Å². The molecule has 0 radical (unpaired) electrons. The number of ether oxygens (including phenoxy) is 1. The van der Waals surface area contributed by atoms with Gasteiger partial charge in [0.2, 0.25) is 0 Å². The molecule has 0 atom stereocenters. The monoisotopic (exact) mass is 452 g/mol. The van der Waals surface area contributed by atoms with E-state index in [1.54, 1.807) is 30.7 Å². The van der Waals surface area contributed by atoms with Crippen LogP contribution in [0.3, 0.4) is 0 Å². The van der Waals surface area contributed by atoms with Crippen LogP contribution >= 0.6 is 0 Å². The normalized spacial score (nSPS) is 11.4. The first kappa shape index (κ1) is 19.8. The number of hydrogen-bond acceptors (Lipinski definition) is 7. The fourth-order valence-corrected chi connectivity index (χ4v) is 3.90. The molecule has 5 aromatic heterocycles. The topological polar surface area (TPSA) is 131 Å². The molecule has 34 heavy (non-hydrogen) atoms. The van der Waals surface area contributed by atoms with E-state index in [2.05, 4.69) is 25.1 Å². The molecule has 0 aliphatic rings. The number of nitrogens with two attached hydrogens (primary N) is 1. The highest BCUT2D eigenvalue weighted by Crippen LogP contribution is 2.32. The van der Waals surface area contributed by atoms with Crippen molar-refractivity contribution in [3.05, 3.63) is 66.9 Å². The molecule has 0 amide bonds. The van der Waals surface area contributed by atoms with Crippen LogP contribution in [0.1, 0.15) is 0 Å². The summed E-state index contributed by atoms with van der Waals surface area (Å²) in [7, 11) is 1.49. The van der Waals surface area contributed by atoms with Crippen LogP contribution in [-0.4, -0.2) is 42.2 Å². The van der Waals surface area contributed by atoms with E-state index < -0.39 is 5.82 Å². The third-order valence-electron chi connectivity index (χ3n) is 5.47. The summed E-state index contributed by atoms with van der Waals surface area (Å²) in [6, 6.07) is 11.8. The number of aromatic nitrogens is 7. The predicted molar refractivity (Wildman–Crippen MR) is 126 cm³/mol. The second-order valence-electron chi connectivity index (χ2n) is 7.69. The summed E-state index contributed by atoms with van der Waals surface area (Å²) in [6.07, 6.45) is 4.93. The van der Waals surface area contributed by atoms with Crippen molar-refractivity contribution in [1.82, 2.24) is 35.1 Å². The second-order valence-corrected chi connectivity index (χ2v) is 7.69. The van der Waals surface area contributed by atoms with Crippen molar-refractivity contribution in [3.63, 3.8) is 0 Å². The number of anilines is 1. The van der Waals surface area contributed by atoms with Crippen LogP contribution in [0.25, 0.3) is 56.1 Å². The molecule has 0 bridgehead atoms. The average molecular weight is 452 g/mol. The Morgan fingerprint density at radius 3 is 2.65 bits per heavy atom. The molecule has 166 valence electrons. The number of nitrogen functional groups attached to an aromatic ring is 1. The van der Waals surface area contributed by atoms with Crippen molar-refractivity contribution in [3.8, 4) is 39.8 Å². The van der Waals surface area contributed by atoms with Crippen LogP contribution in [0, 0.1) is 5.82 Å². The van der Waals surface area contributed by atoms with E-state index in [1.807, 2.05) is 18.2 Å². The third-order valence-corrected chi connectivity index (χ3v) is 5.47. The quantitative estimate of drug-likeness (QED) is 0.362. The number of hydrogen-bond donors (Lipinski definition) is 3. The van der Waals surface area contributed by atoms with Crippen molar-refractivity contribution in [2.45, 2.75) is 0 Å². The molecule has 5 heterocycles. The van der Waals surface area contributed by atoms with Gasteiger partial charge in [-0.1, -0.05) is 0 Å². The summed E-state index contributed by atoms with van der Waals surface area (Å²) >= 11 is 0. The number of halogens is 1. The van der Waals surface area contributed by atoms with Gasteiger partial charge in [0.05, 0.1) is 35.2 Å². The molecular weight excluding hydrogens is 435 g/mol. The number of benzene rings is 1. The number of aromatic amines is 2. The highest BCUT2D eigenvalue weighted by Gasteiger charge is 2.18. The molecule has 0 spiro atoms. The minimum atomic E-state index is -0.421. The van der Waals surface area contributed by atoms with Crippen molar-refractivity contribution < 1.29 is 9.13 Å². The molecule has 0 saturated heterocycles. The number of pyridine rings is 3. The lowest BCUT2D eigenvalue weighted by atomic mass is 10.1. The largest absolute Gasteiger partial charge is 0.497 e. The summed E-state index contributed by atoms with van der Waals surface area (Å²) in [5.74, 6) is 0.486. The molecule has 6 aromatic rings. The van der Waals surface area contributed by atoms with Crippen LogP contribution in [0.2, 0.25) is 0 Å². The summed E-state index contributed by atoms with van der Waals surface area (Å²) in [5, 5.41) is 7.43. The van der Waals surface area contributed by atoms with E-state index >= 15 is 0 Å². The fourth-order valence-electron chi connectivity index (χ4n) is 3.90. The van der Waals surface area contributed by atoms with Crippen LogP contribution < -0.4 is 10.5 Å². The molecule has 6 rings (SSSR count). The highest BCUT2D eigenvalue weighted by molar-refractivity contribution is 5.95. The number of H-pyrrole nitrogens is 2. The lowest BCUT2D eigenvalue weighted by Gasteiger charge is -2.05. The molecule has 1 aromatic carbocycles. The van der Waals surface area contributed by atoms with Gasteiger partial charge in [-0.2, -0.15) is 5.10 Å². The number of imidazole rings is 1. The molecule has 0 saturated carbocycles. The number of nitrogens with zero attached hydrogens (tertiary/aromatic N) is 5. The maximum Gasteiger partial charge on any atom is 0.161 e. The first-order valence-corrected chi connectivity index (χ1v) is 10.3. The summed E-state index contributed by atoms with van der Waals surface area (Å²) < 4.78 is 19.3. The number of nitrogens with one attached hydrogen (secondary N) is 2. The van der Waals surface area contributed by atoms with Crippen molar-refractivity contribution >= 4 is 27.8 Å². The van der Waals surface area contributed by atoms with Crippen molar-refractivity contribution in [2.75, 3.05) is 12.8 Å². The summed E-state index contributed by atoms with van der Waals surface area (Å²) in [6.45, 7) is 0. The third kappa shape index (κ3) is 3.28. The zero-order valence-electron chi connectivity index (χ0n) is 17.9. The maximum atomic E-state index is 14.1. The Bertz CT molecular complexity index is 1690. The molecule has 10 heteroatoms. The Balaban J connectivity index is 1.50. The van der Waals surface area contributed by atoms with E-state index in [-0.39, 0.29) is 0 Å². The Labute approximate surface area is 191 Å². The Morgan fingerprint density at radius 1 is 0.912 bits per heavy atom. The lowest BCUT2D eigenvalue weighted by molar-refractivity contribution is 0.411. The molecule has 4 N–H and O–H groups in total. The number of fused-ring (bicyclic) bond motifs is 2. The van der Waals surface area contributed by atoms with Gasteiger partial charge in [0.15, 0.2) is 11.5 Å². The van der Waals surface area contributed by atoms with E-state index in [0.29, 0.717) is 50.9 Å². The number of methoxy groups -OCH3 is 1. The minimum absolute atomic E-state index is 0.399. The molecule has 0 aliphatic carbocycles. The summed E-state index contributed by atoms with van der Waals surface area (Å²) in [4.78, 5) is 21.4. The first-order chi connectivity index (χ1) is 16.6. The van der Waals surface area contributed by atoms with Gasteiger partial charge in [-0.15, -0.1) is 0 Å². The first-order valence-electron chi connectivity index (χ1n) is 10.3. The van der Waals surface area contributed by atoms with Gasteiger partial charge in [0.1, 0.15) is 22.6 Å². The van der Waals surface area contributed by atoms with Crippen LogP contribution in [0.15, 0.2) is 61.1 Å².